The Bertz CT molecular complexity index is 750. The molecule has 0 radical (unpaired) electrons. The van der Waals surface area contributed by atoms with Crippen LogP contribution in [0.1, 0.15) is 11.1 Å². The summed E-state index contributed by atoms with van der Waals surface area (Å²) >= 11 is 0. The Balaban J connectivity index is 2.24. The van der Waals surface area contributed by atoms with E-state index in [1.165, 1.54) is 6.33 Å². The van der Waals surface area contributed by atoms with Crippen LogP contribution in [-0.2, 0) is 0 Å². The van der Waals surface area contributed by atoms with Gasteiger partial charge < -0.3 is 10.3 Å². The minimum Gasteiger partial charge on any atom is -0.367 e. The molecule has 0 aliphatic carbocycles. The van der Waals surface area contributed by atoms with Gasteiger partial charge in [-0.1, -0.05) is 22.9 Å². The number of nitrogens with two attached hydrogens (primary N) is 1. The predicted octanol–water partition coefficient (Wildman–Crippen LogP) is 3.00. The molecule has 0 saturated carbocycles. The molecule has 0 atom stereocenters. The van der Waals surface area contributed by atoms with Crippen molar-refractivity contribution in [1.29, 1.82) is 0 Å². The van der Waals surface area contributed by atoms with Gasteiger partial charge in [0.2, 0.25) is 5.88 Å². The highest BCUT2D eigenvalue weighted by molar-refractivity contribution is 5.86. The maximum Gasteiger partial charge on any atom is 0.232 e. The first-order chi connectivity index (χ1) is 9.66. The molecule has 0 unspecified atom stereocenters. The van der Waals surface area contributed by atoms with Gasteiger partial charge in [-0.05, 0) is 31.5 Å². The van der Waals surface area contributed by atoms with Crippen molar-refractivity contribution >= 4 is 5.88 Å². The topological polar surface area (TPSA) is 77.8 Å². The number of rotatable bonds is 2. The van der Waals surface area contributed by atoms with Crippen molar-refractivity contribution in [2.75, 3.05) is 5.73 Å². The third-order valence-corrected chi connectivity index (χ3v) is 3.20. The molecule has 0 amide bonds. The molecule has 0 saturated heterocycles. The van der Waals surface area contributed by atoms with Crippen molar-refractivity contribution in [2.24, 2.45) is 0 Å². The van der Waals surface area contributed by atoms with Crippen LogP contribution in [0, 0.1) is 13.8 Å². The van der Waals surface area contributed by atoms with Crippen LogP contribution in [0.15, 0.2) is 41.3 Å². The maximum absolute atomic E-state index is 5.91. The number of aryl methyl sites for hydroxylation is 2. The highest BCUT2D eigenvalue weighted by Crippen LogP contribution is 2.36. The van der Waals surface area contributed by atoms with E-state index < -0.39 is 0 Å². The second kappa shape index (κ2) is 4.77. The number of anilines is 1. The molecule has 1 aromatic carbocycles. The minimum absolute atomic E-state index is 0.264. The fourth-order valence-corrected chi connectivity index (χ4v) is 2.16. The van der Waals surface area contributed by atoms with Crippen molar-refractivity contribution in [3.8, 4) is 22.5 Å². The average Bonchev–Trinajstić information content (AvgIpc) is 2.84. The fourth-order valence-electron chi connectivity index (χ4n) is 2.16. The summed E-state index contributed by atoms with van der Waals surface area (Å²) in [5.74, 6) is 0.264. The number of nitrogens with zero attached hydrogens (tertiary/aromatic N) is 3. The van der Waals surface area contributed by atoms with Gasteiger partial charge in [0.25, 0.3) is 0 Å². The van der Waals surface area contributed by atoms with Crippen LogP contribution >= 0.6 is 0 Å². The summed E-state index contributed by atoms with van der Waals surface area (Å²) < 4.78 is 5.17. The molecular weight excluding hydrogens is 252 g/mol. The van der Waals surface area contributed by atoms with Gasteiger partial charge in [0.1, 0.15) is 12.0 Å². The molecule has 100 valence electrons. The summed E-state index contributed by atoms with van der Waals surface area (Å²) in [6, 6.07) is 7.97. The van der Waals surface area contributed by atoms with Gasteiger partial charge in [-0.3, -0.25) is 0 Å². The number of benzene rings is 1. The van der Waals surface area contributed by atoms with Crippen LogP contribution in [0.3, 0.4) is 0 Å². The second-order valence-electron chi connectivity index (χ2n) is 4.68. The third-order valence-electron chi connectivity index (χ3n) is 3.20. The molecule has 0 spiro atoms. The Morgan fingerprint density at radius 2 is 2.00 bits per heavy atom. The molecule has 0 aliphatic rings. The monoisotopic (exact) mass is 266 g/mol. The Hall–Kier alpha value is -2.69. The van der Waals surface area contributed by atoms with E-state index in [4.69, 9.17) is 10.3 Å². The van der Waals surface area contributed by atoms with Crippen LogP contribution in [0.5, 0.6) is 0 Å². The molecule has 0 aliphatic heterocycles. The highest BCUT2D eigenvalue weighted by atomic mass is 16.5. The summed E-state index contributed by atoms with van der Waals surface area (Å²) in [5, 5.41) is 4.10. The highest BCUT2D eigenvalue weighted by Gasteiger charge is 2.19. The minimum atomic E-state index is 0.264. The van der Waals surface area contributed by atoms with E-state index in [9.17, 15) is 0 Å². The summed E-state index contributed by atoms with van der Waals surface area (Å²) in [5.41, 5.74) is 11.3. The molecule has 0 fully saturated rings. The number of hydrogen-bond acceptors (Lipinski definition) is 5. The molecule has 5 heteroatoms. The molecule has 2 aromatic heterocycles. The quantitative estimate of drug-likeness (QED) is 0.771. The third kappa shape index (κ3) is 2.03. The SMILES string of the molecule is Cc1ccc(C)c(-c2noc(N)c2-c2ccncn2)c1. The Morgan fingerprint density at radius 3 is 2.75 bits per heavy atom. The lowest BCUT2D eigenvalue weighted by Gasteiger charge is -2.06. The van der Waals surface area contributed by atoms with Crippen molar-refractivity contribution in [3.63, 3.8) is 0 Å². The zero-order valence-corrected chi connectivity index (χ0v) is 11.3. The summed E-state index contributed by atoms with van der Waals surface area (Å²) in [7, 11) is 0. The Morgan fingerprint density at radius 1 is 1.15 bits per heavy atom. The van der Waals surface area contributed by atoms with Gasteiger partial charge in [0, 0.05) is 11.8 Å². The van der Waals surface area contributed by atoms with Crippen molar-refractivity contribution in [3.05, 3.63) is 47.9 Å². The van der Waals surface area contributed by atoms with Crippen LogP contribution in [0.4, 0.5) is 5.88 Å². The van der Waals surface area contributed by atoms with Crippen LogP contribution in [-0.4, -0.2) is 15.1 Å². The zero-order valence-electron chi connectivity index (χ0n) is 11.3. The van der Waals surface area contributed by atoms with Crippen molar-refractivity contribution in [2.45, 2.75) is 13.8 Å². The lowest BCUT2D eigenvalue weighted by molar-refractivity contribution is 0.439. The van der Waals surface area contributed by atoms with E-state index in [-0.39, 0.29) is 5.88 Å². The standard InChI is InChI=1S/C15H14N4O/c1-9-3-4-10(2)11(7-9)14-13(15(16)20-19-14)12-5-6-17-8-18-12/h3-8H,16H2,1-2H3. The van der Waals surface area contributed by atoms with Gasteiger partial charge in [0.15, 0.2) is 0 Å². The van der Waals surface area contributed by atoms with Crippen molar-refractivity contribution < 1.29 is 4.52 Å². The van der Waals surface area contributed by atoms with E-state index >= 15 is 0 Å². The molecule has 20 heavy (non-hydrogen) atoms. The number of aromatic nitrogens is 3. The van der Waals surface area contributed by atoms with Gasteiger partial charge in [-0.2, -0.15) is 0 Å². The molecule has 3 aromatic rings. The van der Waals surface area contributed by atoms with Crippen LogP contribution in [0.25, 0.3) is 22.5 Å². The Labute approximate surface area is 116 Å². The van der Waals surface area contributed by atoms with E-state index in [1.54, 1.807) is 12.3 Å². The van der Waals surface area contributed by atoms with E-state index in [0.29, 0.717) is 17.0 Å². The van der Waals surface area contributed by atoms with Crippen molar-refractivity contribution in [1.82, 2.24) is 15.1 Å². The van der Waals surface area contributed by atoms with Gasteiger partial charge in [0.05, 0.1) is 11.3 Å². The Kier molecular flexibility index (Phi) is 2.95. The average molecular weight is 266 g/mol. The lowest BCUT2D eigenvalue weighted by atomic mass is 9.99. The molecule has 2 N–H and O–H groups in total. The molecule has 5 nitrogen and oxygen atoms in total. The molecule has 3 rings (SSSR count). The first kappa shape index (κ1) is 12.3. The van der Waals surface area contributed by atoms with E-state index in [0.717, 1.165) is 16.7 Å². The largest absolute Gasteiger partial charge is 0.367 e. The van der Waals surface area contributed by atoms with Gasteiger partial charge >= 0.3 is 0 Å². The van der Waals surface area contributed by atoms with E-state index in [1.807, 2.05) is 13.8 Å². The first-order valence-corrected chi connectivity index (χ1v) is 6.26. The summed E-state index contributed by atoms with van der Waals surface area (Å²) in [6.07, 6.45) is 3.15. The number of nitrogen functional groups attached to an aromatic ring is 1. The summed E-state index contributed by atoms with van der Waals surface area (Å²) in [6.45, 7) is 4.07. The smallest absolute Gasteiger partial charge is 0.232 e. The lowest BCUT2D eigenvalue weighted by Crippen LogP contribution is -1.92. The van der Waals surface area contributed by atoms with Gasteiger partial charge in [-0.15, -0.1) is 0 Å². The van der Waals surface area contributed by atoms with Crippen LogP contribution < -0.4 is 5.73 Å². The first-order valence-electron chi connectivity index (χ1n) is 6.26. The fraction of sp³-hybridized carbons (Fsp3) is 0.133. The number of hydrogen-bond donors (Lipinski definition) is 1. The predicted molar refractivity (Wildman–Crippen MR) is 76.9 cm³/mol. The second-order valence-corrected chi connectivity index (χ2v) is 4.68. The molecule has 2 heterocycles. The normalized spacial score (nSPS) is 10.7. The van der Waals surface area contributed by atoms with Crippen LogP contribution in [0.2, 0.25) is 0 Å². The zero-order chi connectivity index (χ0) is 14.1. The maximum atomic E-state index is 5.91. The molecular formula is C15H14N4O. The van der Waals surface area contributed by atoms with E-state index in [2.05, 4.69) is 33.3 Å². The van der Waals surface area contributed by atoms with Gasteiger partial charge in [-0.25, -0.2) is 9.97 Å². The molecule has 0 bridgehead atoms. The summed E-state index contributed by atoms with van der Waals surface area (Å²) in [4.78, 5) is 8.15.